The fourth-order valence-electron chi connectivity index (χ4n) is 2.59. The van der Waals surface area contributed by atoms with Gasteiger partial charge in [-0.1, -0.05) is 6.92 Å². The van der Waals surface area contributed by atoms with E-state index in [-0.39, 0.29) is 11.9 Å². The molecule has 2 N–H and O–H groups in total. The standard InChI is InChI=1S/C17H25BrN2O3/c1-3-8-23-16-13(18)9-12(10-15(16)22-2)11-20-14-6-4-5-7-19-17(14)21/h9-10,14,20H,3-8,11H2,1-2H3,(H,19,21). The molecule has 128 valence electrons. The van der Waals surface area contributed by atoms with Gasteiger partial charge in [-0.05, 0) is 59.3 Å². The van der Waals surface area contributed by atoms with Crippen molar-refractivity contribution < 1.29 is 14.3 Å². The number of nitrogens with one attached hydrogen (secondary N) is 2. The summed E-state index contributed by atoms with van der Waals surface area (Å²) in [7, 11) is 1.64. The van der Waals surface area contributed by atoms with Crippen LogP contribution in [-0.2, 0) is 11.3 Å². The minimum Gasteiger partial charge on any atom is -0.493 e. The highest BCUT2D eigenvalue weighted by Gasteiger charge is 2.20. The molecule has 0 saturated carbocycles. The Morgan fingerprint density at radius 1 is 1.39 bits per heavy atom. The normalized spacial score (nSPS) is 18.2. The van der Waals surface area contributed by atoms with Crippen molar-refractivity contribution in [2.75, 3.05) is 20.3 Å². The molecular weight excluding hydrogens is 360 g/mol. The number of carbonyl (C=O) groups excluding carboxylic acids is 1. The molecule has 23 heavy (non-hydrogen) atoms. The molecule has 1 aromatic rings. The molecule has 1 unspecified atom stereocenters. The average Bonchev–Trinajstić information content (AvgIpc) is 2.75. The third-order valence-electron chi connectivity index (χ3n) is 3.83. The van der Waals surface area contributed by atoms with Crippen LogP contribution in [0.5, 0.6) is 11.5 Å². The van der Waals surface area contributed by atoms with Crippen LogP contribution in [-0.4, -0.2) is 32.2 Å². The van der Waals surface area contributed by atoms with Gasteiger partial charge in [0.05, 0.1) is 24.2 Å². The van der Waals surface area contributed by atoms with Crippen LogP contribution in [0.15, 0.2) is 16.6 Å². The first-order chi connectivity index (χ1) is 11.2. The predicted octanol–water partition coefficient (Wildman–Crippen LogP) is 3.00. The maximum absolute atomic E-state index is 12.0. The highest BCUT2D eigenvalue weighted by atomic mass is 79.9. The quantitative estimate of drug-likeness (QED) is 0.758. The highest BCUT2D eigenvalue weighted by molar-refractivity contribution is 9.10. The summed E-state index contributed by atoms with van der Waals surface area (Å²) >= 11 is 3.55. The fourth-order valence-corrected chi connectivity index (χ4v) is 3.20. The van der Waals surface area contributed by atoms with E-state index in [0.29, 0.717) is 18.9 Å². The van der Waals surface area contributed by atoms with Crippen LogP contribution in [0.2, 0.25) is 0 Å². The van der Waals surface area contributed by atoms with Crippen molar-refractivity contribution in [3.8, 4) is 11.5 Å². The first-order valence-corrected chi connectivity index (χ1v) is 8.95. The SMILES string of the molecule is CCCOc1c(Br)cc(CNC2CCCCNC2=O)cc1OC. The maximum Gasteiger partial charge on any atom is 0.237 e. The van der Waals surface area contributed by atoms with Gasteiger partial charge < -0.3 is 20.1 Å². The van der Waals surface area contributed by atoms with E-state index in [1.807, 2.05) is 12.1 Å². The Morgan fingerprint density at radius 2 is 2.22 bits per heavy atom. The van der Waals surface area contributed by atoms with E-state index >= 15 is 0 Å². The lowest BCUT2D eigenvalue weighted by molar-refractivity contribution is -0.122. The van der Waals surface area contributed by atoms with Gasteiger partial charge in [0, 0.05) is 13.1 Å². The van der Waals surface area contributed by atoms with Crippen LogP contribution in [0.25, 0.3) is 0 Å². The van der Waals surface area contributed by atoms with Gasteiger partial charge in [-0.25, -0.2) is 0 Å². The van der Waals surface area contributed by atoms with Crippen molar-refractivity contribution in [3.63, 3.8) is 0 Å². The number of amides is 1. The van der Waals surface area contributed by atoms with Crippen molar-refractivity contribution in [1.82, 2.24) is 10.6 Å². The molecule has 1 atom stereocenters. The summed E-state index contributed by atoms with van der Waals surface area (Å²) in [5.74, 6) is 1.52. The highest BCUT2D eigenvalue weighted by Crippen LogP contribution is 2.36. The Hall–Kier alpha value is -1.27. The van der Waals surface area contributed by atoms with E-state index in [1.54, 1.807) is 7.11 Å². The molecule has 2 rings (SSSR count). The van der Waals surface area contributed by atoms with Gasteiger partial charge in [0.1, 0.15) is 0 Å². The Kier molecular flexibility index (Phi) is 7.17. The predicted molar refractivity (Wildman–Crippen MR) is 94.0 cm³/mol. The van der Waals surface area contributed by atoms with Gasteiger partial charge in [0.25, 0.3) is 0 Å². The molecule has 0 aliphatic carbocycles. The molecule has 1 aliphatic heterocycles. The lowest BCUT2D eigenvalue weighted by Crippen LogP contribution is -2.42. The molecule has 1 amide bonds. The summed E-state index contributed by atoms with van der Waals surface area (Å²) in [4.78, 5) is 12.0. The van der Waals surface area contributed by atoms with Gasteiger partial charge in [0.15, 0.2) is 11.5 Å². The second-order valence-corrected chi connectivity index (χ2v) is 6.53. The molecule has 1 heterocycles. The Morgan fingerprint density at radius 3 is 2.96 bits per heavy atom. The van der Waals surface area contributed by atoms with Gasteiger partial charge in [-0.3, -0.25) is 4.79 Å². The zero-order valence-electron chi connectivity index (χ0n) is 13.8. The first-order valence-electron chi connectivity index (χ1n) is 8.16. The number of methoxy groups -OCH3 is 1. The summed E-state index contributed by atoms with van der Waals surface area (Å²) in [6.07, 6.45) is 3.93. The first kappa shape index (κ1) is 18.1. The topological polar surface area (TPSA) is 59.6 Å². The number of benzene rings is 1. The van der Waals surface area contributed by atoms with Crippen molar-refractivity contribution >= 4 is 21.8 Å². The Bertz CT molecular complexity index is 537. The minimum atomic E-state index is -0.127. The number of halogens is 1. The Labute approximate surface area is 146 Å². The van der Waals surface area contributed by atoms with Crippen molar-refractivity contribution in [2.24, 2.45) is 0 Å². The van der Waals surface area contributed by atoms with Gasteiger partial charge in [0.2, 0.25) is 5.91 Å². The van der Waals surface area contributed by atoms with E-state index in [9.17, 15) is 4.79 Å². The Balaban J connectivity index is 2.04. The van der Waals surface area contributed by atoms with Crippen LogP contribution in [0, 0.1) is 0 Å². The van der Waals surface area contributed by atoms with E-state index in [0.717, 1.165) is 48.0 Å². The van der Waals surface area contributed by atoms with Crippen LogP contribution in [0.1, 0.15) is 38.2 Å². The van der Waals surface area contributed by atoms with E-state index < -0.39 is 0 Å². The summed E-state index contributed by atoms with van der Waals surface area (Å²) < 4.78 is 12.0. The van der Waals surface area contributed by atoms with E-state index in [4.69, 9.17) is 9.47 Å². The average molecular weight is 385 g/mol. The number of carbonyl (C=O) groups is 1. The molecule has 1 fully saturated rings. The lowest BCUT2D eigenvalue weighted by atomic mass is 10.1. The van der Waals surface area contributed by atoms with Crippen LogP contribution in [0.4, 0.5) is 0 Å². The monoisotopic (exact) mass is 384 g/mol. The summed E-state index contributed by atoms with van der Waals surface area (Å²) in [6, 6.07) is 3.84. The summed E-state index contributed by atoms with van der Waals surface area (Å²) in [5, 5.41) is 6.28. The summed E-state index contributed by atoms with van der Waals surface area (Å²) in [6.45, 7) is 4.10. The molecule has 0 spiro atoms. The number of rotatable bonds is 7. The maximum atomic E-state index is 12.0. The lowest BCUT2D eigenvalue weighted by Gasteiger charge is -2.17. The number of ether oxygens (including phenoxy) is 2. The zero-order chi connectivity index (χ0) is 16.7. The third kappa shape index (κ3) is 5.11. The van der Waals surface area contributed by atoms with Crippen LogP contribution < -0.4 is 20.1 Å². The zero-order valence-corrected chi connectivity index (χ0v) is 15.4. The van der Waals surface area contributed by atoms with E-state index in [1.165, 1.54) is 0 Å². The molecule has 0 radical (unpaired) electrons. The van der Waals surface area contributed by atoms with Gasteiger partial charge >= 0.3 is 0 Å². The number of hydrogen-bond acceptors (Lipinski definition) is 4. The minimum absolute atomic E-state index is 0.0939. The second-order valence-electron chi connectivity index (χ2n) is 5.68. The van der Waals surface area contributed by atoms with E-state index in [2.05, 4.69) is 33.5 Å². The number of hydrogen-bond donors (Lipinski definition) is 2. The van der Waals surface area contributed by atoms with Gasteiger partial charge in [-0.15, -0.1) is 0 Å². The molecular formula is C17H25BrN2O3. The third-order valence-corrected chi connectivity index (χ3v) is 4.42. The van der Waals surface area contributed by atoms with Crippen molar-refractivity contribution in [1.29, 1.82) is 0 Å². The largest absolute Gasteiger partial charge is 0.493 e. The molecule has 1 aliphatic rings. The molecule has 0 aromatic heterocycles. The molecule has 0 bridgehead atoms. The van der Waals surface area contributed by atoms with Crippen LogP contribution in [0.3, 0.4) is 0 Å². The second kappa shape index (κ2) is 9.13. The van der Waals surface area contributed by atoms with Gasteiger partial charge in [-0.2, -0.15) is 0 Å². The van der Waals surface area contributed by atoms with Crippen molar-refractivity contribution in [3.05, 3.63) is 22.2 Å². The molecule has 6 heteroatoms. The smallest absolute Gasteiger partial charge is 0.237 e. The molecule has 1 saturated heterocycles. The fraction of sp³-hybridized carbons (Fsp3) is 0.588. The van der Waals surface area contributed by atoms with Crippen molar-refractivity contribution in [2.45, 2.75) is 45.2 Å². The molecule has 5 nitrogen and oxygen atoms in total. The summed E-state index contributed by atoms with van der Waals surface area (Å²) in [5.41, 5.74) is 1.05. The molecule has 1 aromatic carbocycles. The van der Waals surface area contributed by atoms with Crippen LogP contribution >= 0.6 is 15.9 Å².